The number of unbranched alkanes of at least 4 members (excludes halogenated alkanes) is 1. The lowest BCUT2D eigenvalue weighted by Gasteiger charge is -2.04. The van der Waals surface area contributed by atoms with Crippen LogP contribution in [0.2, 0.25) is 0 Å². The fraction of sp³-hybridized carbons (Fsp3) is 0.750. The third-order valence-electron chi connectivity index (χ3n) is 2.26. The van der Waals surface area contributed by atoms with E-state index in [0.717, 1.165) is 25.3 Å². The molecule has 1 rings (SSSR count). The summed E-state index contributed by atoms with van der Waals surface area (Å²) in [7, 11) is 0. The summed E-state index contributed by atoms with van der Waals surface area (Å²) in [6, 6.07) is 2.10. The molecule has 3 nitrogen and oxygen atoms in total. The molecule has 1 aromatic heterocycles. The predicted molar refractivity (Wildman–Crippen MR) is 70.9 cm³/mol. The highest BCUT2D eigenvalue weighted by Gasteiger charge is 2.00. The van der Waals surface area contributed by atoms with Gasteiger partial charge in [-0.2, -0.15) is 5.10 Å². The van der Waals surface area contributed by atoms with Crippen LogP contribution in [-0.2, 0) is 13.1 Å². The molecular weight excluding hydrogens is 222 g/mol. The Morgan fingerprint density at radius 3 is 2.81 bits per heavy atom. The van der Waals surface area contributed by atoms with Crippen LogP contribution in [0.25, 0.3) is 0 Å². The highest BCUT2D eigenvalue weighted by Crippen LogP contribution is 2.00. The Bertz CT molecular complexity index is 271. The lowest BCUT2D eigenvalue weighted by Crippen LogP contribution is -2.15. The summed E-state index contributed by atoms with van der Waals surface area (Å²) < 4.78 is 2.03. The number of hydrogen-bond donors (Lipinski definition) is 1. The molecule has 1 N–H and O–H groups in total. The molecular formula is C12H24ClN3. The maximum Gasteiger partial charge on any atom is 0.0762 e. The predicted octanol–water partition coefficient (Wildman–Crippen LogP) is 2.85. The van der Waals surface area contributed by atoms with E-state index in [2.05, 4.69) is 43.4 Å². The number of nitrogens with zero attached hydrogens (tertiary/aromatic N) is 2. The molecule has 0 saturated carbocycles. The molecule has 1 aromatic rings. The SMILES string of the molecule is CCCCNCc1ccn(CC(C)C)n1.Cl. The monoisotopic (exact) mass is 245 g/mol. The minimum Gasteiger partial charge on any atom is -0.311 e. The van der Waals surface area contributed by atoms with E-state index in [1.54, 1.807) is 0 Å². The zero-order chi connectivity index (χ0) is 11.1. The number of aromatic nitrogens is 2. The van der Waals surface area contributed by atoms with E-state index in [1.807, 2.05) is 4.68 Å². The van der Waals surface area contributed by atoms with Crippen LogP contribution in [0.3, 0.4) is 0 Å². The maximum atomic E-state index is 4.50. The first kappa shape index (κ1) is 15.5. The van der Waals surface area contributed by atoms with Crippen molar-refractivity contribution >= 4 is 12.4 Å². The molecule has 0 aliphatic carbocycles. The van der Waals surface area contributed by atoms with Crippen molar-refractivity contribution in [2.45, 2.75) is 46.7 Å². The third-order valence-corrected chi connectivity index (χ3v) is 2.26. The summed E-state index contributed by atoms with van der Waals surface area (Å²) in [6.45, 7) is 9.62. The van der Waals surface area contributed by atoms with Crippen LogP contribution in [0.15, 0.2) is 12.3 Å². The topological polar surface area (TPSA) is 29.9 Å². The molecule has 16 heavy (non-hydrogen) atoms. The number of nitrogens with one attached hydrogen (secondary N) is 1. The Hall–Kier alpha value is -0.540. The molecule has 0 spiro atoms. The van der Waals surface area contributed by atoms with Gasteiger partial charge in [-0.05, 0) is 24.9 Å². The van der Waals surface area contributed by atoms with Gasteiger partial charge in [0.15, 0.2) is 0 Å². The first-order valence-electron chi connectivity index (χ1n) is 5.95. The smallest absolute Gasteiger partial charge is 0.0762 e. The van der Waals surface area contributed by atoms with Crippen LogP contribution >= 0.6 is 12.4 Å². The molecule has 0 bridgehead atoms. The van der Waals surface area contributed by atoms with Crippen molar-refractivity contribution in [1.82, 2.24) is 15.1 Å². The van der Waals surface area contributed by atoms with Gasteiger partial charge >= 0.3 is 0 Å². The minimum absolute atomic E-state index is 0. The van der Waals surface area contributed by atoms with Gasteiger partial charge in [-0.15, -0.1) is 12.4 Å². The fourth-order valence-electron chi connectivity index (χ4n) is 1.49. The summed E-state index contributed by atoms with van der Waals surface area (Å²) in [5.74, 6) is 0.658. The zero-order valence-corrected chi connectivity index (χ0v) is 11.4. The molecule has 0 amide bonds. The molecule has 94 valence electrons. The van der Waals surface area contributed by atoms with Gasteiger partial charge in [0.2, 0.25) is 0 Å². The van der Waals surface area contributed by atoms with Crippen LogP contribution in [-0.4, -0.2) is 16.3 Å². The minimum atomic E-state index is 0. The van der Waals surface area contributed by atoms with E-state index in [0.29, 0.717) is 5.92 Å². The Morgan fingerprint density at radius 1 is 1.44 bits per heavy atom. The number of hydrogen-bond acceptors (Lipinski definition) is 2. The summed E-state index contributed by atoms with van der Waals surface area (Å²) in [5, 5.41) is 7.90. The van der Waals surface area contributed by atoms with Crippen molar-refractivity contribution in [1.29, 1.82) is 0 Å². The van der Waals surface area contributed by atoms with E-state index in [-0.39, 0.29) is 12.4 Å². The summed E-state index contributed by atoms with van der Waals surface area (Å²) >= 11 is 0. The molecule has 4 heteroatoms. The van der Waals surface area contributed by atoms with Gasteiger partial charge in [0.05, 0.1) is 5.69 Å². The third kappa shape index (κ3) is 6.13. The van der Waals surface area contributed by atoms with E-state index in [1.165, 1.54) is 12.8 Å². The molecule has 0 aromatic carbocycles. The second-order valence-corrected chi connectivity index (χ2v) is 4.45. The zero-order valence-electron chi connectivity index (χ0n) is 10.6. The number of halogens is 1. The normalized spacial score (nSPS) is 10.5. The van der Waals surface area contributed by atoms with Crippen molar-refractivity contribution in [3.63, 3.8) is 0 Å². The first-order valence-corrected chi connectivity index (χ1v) is 5.95. The largest absolute Gasteiger partial charge is 0.311 e. The quantitative estimate of drug-likeness (QED) is 0.749. The Kier molecular flexibility index (Phi) is 8.30. The van der Waals surface area contributed by atoms with Crippen molar-refractivity contribution in [3.05, 3.63) is 18.0 Å². The highest BCUT2D eigenvalue weighted by molar-refractivity contribution is 5.85. The maximum absolute atomic E-state index is 4.50. The Morgan fingerprint density at radius 2 is 2.19 bits per heavy atom. The van der Waals surface area contributed by atoms with Crippen molar-refractivity contribution < 1.29 is 0 Å². The first-order chi connectivity index (χ1) is 7.22. The van der Waals surface area contributed by atoms with Gasteiger partial charge in [-0.25, -0.2) is 0 Å². The van der Waals surface area contributed by atoms with Gasteiger partial charge in [0.1, 0.15) is 0 Å². The van der Waals surface area contributed by atoms with E-state index in [9.17, 15) is 0 Å². The van der Waals surface area contributed by atoms with Gasteiger partial charge in [0, 0.05) is 19.3 Å². The molecule has 1 heterocycles. The summed E-state index contributed by atoms with van der Waals surface area (Å²) in [6.07, 6.45) is 4.55. The van der Waals surface area contributed by atoms with Crippen LogP contribution in [0.1, 0.15) is 39.3 Å². The van der Waals surface area contributed by atoms with E-state index < -0.39 is 0 Å². The molecule has 0 aliphatic rings. The van der Waals surface area contributed by atoms with E-state index in [4.69, 9.17) is 0 Å². The summed E-state index contributed by atoms with van der Waals surface area (Å²) in [4.78, 5) is 0. The summed E-state index contributed by atoms with van der Waals surface area (Å²) in [5.41, 5.74) is 1.15. The molecule has 0 aliphatic heterocycles. The van der Waals surface area contributed by atoms with Crippen LogP contribution in [0, 0.1) is 5.92 Å². The van der Waals surface area contributed by atoms with Gasteiger partial charge in [0.25, 0.3) is 0 Å². The van der Waals surface area contributed by atoms with Crippen LogP contribution in [0.4, 0.5) is 0 Å². The van der Waals surface area contributed by atoms with Crippen LogP contribution in [0.5, 0.6) is 0 Å². The number of rotatable bonds is 7. The highest BCUT2D eigenvalue weighted by atomic mass is 35.5. The molecule has 0 radical (unpaired) electrons. The molecule has 0 fully saturated rings. The van der Waals surface area contributed by atoms with Crippen molar-refractivity contribution in [3.8, 4) is 0 Å². The Balaban J connectivity index is 0.00000225. The fourth-order valence-corrected chi connectivity index (χ4v) is 1.49. The molecule has 0 saturated heterocycles. The van der Waals surface area contributed by atoms with Crippen LogP contribution < -0.4 is 5.32 Å². The van der Waals surface area contributed by atoms with Gasteiger partial charge in [-0.1, -0.05) is 27.2 Å². The van der Waals surface area contributed by atoms with Crippen molar-refractivity contribution in [2.24, 2.45) is 5.92 Å². The molecule has 0 atom stereocenters. The lowest BCUT2D eigenvalue weighted by atomic mass is 10.2. The van der Waals surface area contributed by atoms with Gasteiger partial charge in [-0.3, -0.25) is 4.68 Å². The average Bonchev–Trinajstić information content (AvgIpc) is 2.59. The van der Waals surface area contributed by atoms with E-state index >= 15 is 0 Å². The lowest BCUT2D eigenvalue weighted by molar-refractivity contribution is 0.477. The molecule has 0 unspecified atom stereocenters. The standard InChI is InChI=1S/C12H23N3.ClH/c1-4-5-7-13-9-12-6-8-15(14-12)10-11(2)3;/h6,8,11,13H,4-5,7,9-10H2,1-3H3;1H. The Labute approximate surface area is 105 Å². The van der Waals surface area contributed by atoms with Gasteiger partial charge < -0.3 is 5.32 Å². The second-order valence-electron chi connectivity index (χ2n) is 4.45. The average molecular weight is 246 g/mol. The van der Waals surface area contributed by atoms with Crippen molar-refractivity contribution in [2.75, 3.05) is 6.54 Å². The second kappa shape index (κ2) is 8.59.